The molecule has 0 radical (unpaired) electrons. The Bertz CT molecular complexity index is 447. The molecule has 4 nitrogen and oxygen atoms in total. The Balaban J connectivity index is 2.45. The number of aryl methyl sites for hydroxylation is 1. The molecule has 2 heterocycles. The molecule has 2 rings (SSSR count). The molecule has 0 aliphatic carbocycles. The number of hydrogen-bond donors (Lipinski definition) is 1. The fourth-order valence-electron chi connectivity index (χ4n) is 1.60. The number of imidazole rings is 1. The summed E-state index contributed by atoms with van der Waals surface area (Å²) >= 11 is 0. The van der Waals surface area contributed by atoms with Gasteiger partial charge in [-0.1, -0.05) is 0 Å². The summed E-state index contributed by atoms with van der Waals surface area (Å²) in [5, 5.41) is 0. The van der Waals surface area contributed by atoms with E-state index in [2.05, 4.69) is 14.5 Å². The number of rotatable bonds is 3. The molecule has 2 N–H and O–H groups in total. The smallest absolute Gasteiger partial charge is 0.114 e. The highest BCUT2D eigenvalue weighted by atomic mass is 15.1. The van der Waals surface area contributed by atoms with Crippen LogP contribution in [-0.4, -0.2) is 21.1 Å². The van der Waals surface area contributed by atoms with Gasteiger partial charge in [0.1, 0.15) is 5.82 Å². The van der Waals surface area contributed by atoms with Crippen molar-refractivity contribution >= 4 is 0 Å². The average Bonchev–Trinajstić information content (AvgIpc) is 2.67. The lowest BCUT2D eigenvalue weighted by atomic mass is 10.2. The van der Waals surface area contributed by atoms with Gasteiger partial charge in [-0.2, -0.15) is 0 Å². The predicted molar refractivity (Wildman–Crippen MR) is 58.9 cm³/mol. The zero-order valence-corrected chi connectivity index (χ0v) is 8.72. The SMILES string of the molecule is Cc1cnccc1-n1ccnc1CCN. The van der Waals surface area contributed by atoms with Crippen molar-refractivity contribution in [3.8, 4) is 5.69 Å². The van der Waals surface area contributed by atoms with Gasteiger partial charge in [0, 0.05) is 31.2 Å². The first-order valence-corrected chi connectivity index (χ1v) is 4.96. The molecule has 78 valence electrons. The molecule has 0 atom stereocenters. The zero-order valence-electron chi connectivity index (χ0n) is 8.72. The van der Waals surface area contributed by atoms with Crippen molar-refractivity contribution in [1.29, 1.82) is 0 Å². The molecule has 2 aromatic rings. The number of nitrogens with two attached hydrogens (primary N) is 1. The first kappa shape index (κ1) is 9.86. The molecule has 0 bridgehead atoms. The maximum atomic E-state index is 5.54. The second-order valence-electron chi connectivity index (χ2n) is 3.41. The minimum atomic E-state index is 0.612. The van der Waals surface area contributed by atoms with Crippen LogP contribution in [0.3, 0.4) is 0 Å². The Morgan fingerprint density at radius 1 is 1.40 bits per heavy atom. The summed E-state index contributed by atoms with van der Waals surface area (Å²) in [6.45, 7) is 2.65. The Morgan fingerprint density at radius 3 is 3.00 bits per heavy atom. The number of aromatic nitrogens is 3. The summed E-state index contributed by atoms with van der Waals surface area (Å²) < 4.78 is 2.06. The fraction of sp³-hybridized carbons (Fsp3) is 0.273. The van der Waals surface area contributed by atoms with Crippen LogP contribution in [0.25, 0.3) is 5.69 Å². The maximum absolute atomic E-state index is 5.54. The van der Waals surface area contributed by atoms with Gasteiger partial charge >= 0.3 is 0 Å². The van der Waals surface area contributed by atoms with E-state index in [1.54, 1.807) is 12.4 Å². The quantitative estimate of drug-likeness (QED) is 0.810. The van der Waals surface area contributed by atoms with Gasteiger partial charge in [0.15, 0.2) is 0 Å². The van der Waals surface area contributed by atoms with Crippen molar-refractivity contribution in [3.63, 3.8) is 0 Å². The lowest BCUT2D eigenvalue weighted by Crippen LogP contribution is -2.09. The number of hydrogen-bond acceptors (Lipinski definition) is 3. The van der Waals surface area contributed by atoms with Crippen LogP contribution in [-0.2, 0) is 6.42 Å². The van der Waals surface area contributed by atoms with Crippen LogP contribution < -0.4 is 5.73 Å². The van der Waals surface area contributed by atoms with E-state index in [1.165, 1.54) is 0 Å². The molecule has 0 amide bonds. The molecule has 4 heteroatoms. The monoisotopic (exact) mass is 202 g/mol. The molecule has 0 saturated carbocycles. The first-order chi connectivity index (χ1) is 7.33. The second-order valence-corrected chi connectivity index (χ2v) is 3.41. The van der Waals surface area contributed by atoms with Gasteiger partial charge in [0.2, 0.25) is 0 Å². The average molecular weight is 202 g/mol. The van der Waals surface area contributed by atoms with Crippen LogP contribution in [0.2, 0.25) is 0 Å². The molecule has 0 spiro atoms. The van der Waals surface area contributed by atoms with E-state index in [0.717, 1.165) is 23.5 Å². The van der Waals surface area contributed by atoms with Crippen molar-refractivity contribution in [2.45, 2.75) is 13.3 Å². The van der Waals surface area contributed by atoms with Gasteiger partial charge in [-0.25, -0.2) is 4.98 Å². The van der Waals surface area contributed by atoms with Crippen LogP contribution in [0.15, 0.2) is 30.9 Å². The van der Waals surface area contributed by atoms with Crippen molar-refractivity contribution < 1.29 is 0 Å². The van der Waals surface area contributed by atoms with E-state index in [1.807, 2.05) is 25.4 Å². The van der Waals surface area contributed by atoms with Gasteiger partial charge in [-0.05, 0) is 25.1 Å². The zero-order chi connectivity index (χ0) is 10.7. The third-order valence-corrected chi connectivity index (χ3v) is 2.34. The molecule has 0 aromatic carbocycles. The van der Waals surface area contributed by atoms with Crippen molar-refractivity contribution in [1.82, 2.24) is 14.5 Å². The molecular weight excluding hydrogens is 188 g/mol. The summed E-state index contributed by atoms with van der Waals surface area (Å²) in [6, 6.07) is 1.98. The maximum Gasteiger partial charge on any atom is 0.114 e. The van der Waals surface area contributed by atoms with Crippen LogP contribution in [0.5, 0.6) is 0 Å². The summed E-state index contributed by atoms with van der Waals surface area (Å²) in [6.07, 6.45) is 8.17. The predicted octanol–water partition coefficient (Wildman–Crippen LogP) is 1.08. The van der Waals surface area contributed by atoms with Crippen LogP contribution >= 0.6 is 0 Å². The summed E-state index contributed by atoms with van der Waals surface area (Å²) in [5.74, 6) is 0.992. The van der Waals surface area contributed by atoms with Crippen LogP contribution in [0.4, 0.5) is 0 Å². The van der Waals surface area contributed by atoms with Gasteiger partial charge in [0.05, 0.1) is 5.69 Å². The Hall–Kier alpha value is -1.68. The number of pyridine rings is 1. The topological polar surface area (TPSA) is 56.7 Å². The van der Waals surface area contributed by atoms with E-state index < -0.39 is 0 Å². The lowest BCUT2D eigenvalue weighted by molar-refractivity contribution is 0.833. The highest BCUT2D eigenvalue weighted by Gasteiger charge is 2.05. The summed E-state index contributed by atoms with van der Waals surface area (Å²) in [4.78, 5) is 8.36. The van der Waals surface area contributed by atoms with E-state index in [4.69, 9.17) is 5.73 Å². The second kappa shape index (κ2) is 4.23. The van der Waals surface area contributed by atoms with Gasteiger partial charge < -0.3 is 10.3 Å². The molecule has 0 unspecified atom stereocenters. The molecule has 0 fully saturated rings. The van der Waals surface area contributed by atoms with Crippen LogP contribution in [0.1, 0.15) is 11.4 Å². The van der Waals surface area contributed by atoms with Gasteiger partial charge in [-0.15, -0.1) is 0 Å². The van der Waals surface area contributed by atoms with E-state index in [0.29, 0.717) is 6.54 Å². The lowest BCUT2D eigenvalue weighted by Gasteiger charge is -2.09. The van der Waals surface area contributed by atoms with Crippen molar-refractivity contribution in [3.05, 3.63) is 42.2 Å². The van der Waals surface area contributed by atoms with E-state index >= 15 is 0 Å². The van der Waals surface area contributed by atoms with Gasteiger partial charge in [-0.3, -0.25) is 4.98 Å². The Morgan fingerprint density at radius 2 is 2.27 bits per heavy atom. The molecule has 2 aromatic heterocycles. The molecular formula is C11H14N4. The standard InChI is InChI=1S/C11H14N4/c1-9-8-13-5-3-10(9)15-7-6-14-11(15)2-4-12/h3,5-8H,2,4,12H2,1H3. The molecule has 0 aliphatic heterocycles. The first-order valence-electron chi connectivity index (χ1n) is 4.96. The van der Waals surface area contributed by atoms with Crippen LogP contribution in [0, 0.1) is 6.92 Å². The third kappa shape index (κ3) is 1.89. The summed E-state index contributed by atoms with van der Waals surface area (Å²) in [5.41, 5.74) is 7.79. The minimum absolute atomic E-state index is 0.612. The fourth-order valence-corrected chi connectivity index (χ4v) is 1.60. The summed E-state index contributed by atoms with van der Waals surface area (Å²) in [7, 11) is 0. The highest BCUT2D eigenvalue weighted by molar-refractivity contribution is 5.38. The highest BCUT2D eigenvalue weighted by Crippen LogP contribution is 2.14. The normalized spacial score (nSPS) is 10.5. The minimum Gasteiger partial charge on any atom is -0.330 e. The van der Waals surface area contributed by atoms with Crippen molar-refractivity contribution in [2.75, 3.05) is 6.54 Å². The van der Waals surface area contributed by atoms with Crippen molar-refractivity contribution in [2.24, 2.45) is 5.73 Å². The largest absolute Gasteiger partial charge is 0.330 e. The molecule has 0 saturated heterocycles. The Labute approximate surface area is 88.8 Å². The number of nitrogens with zero attached hydrogens (tertiary/aromatic N) is 3. The Kier molecular flexibility index (Phi) is 2.78. The van der Waals surface area contributed by atoms with Gasteiger partial charge in [0.25, 0.3) is 0 Å². The molecule has 15 heavy (non-hydrogen) atoms. The third-order valence-electron chi connectivity index (χ3n) is 2.34. The van der Waals surface area contributed by atoms with E-state index in [9.17, 15) is 0 Å². The molecule has 0 aliphatic rings. The van der Waals surface area contributed by atoms with E-state index in [-0.39, 0.29) is 0 Å².